The SMILES string of the molecule is O=C(/C=C/Nc1cc(F)ccc1F)c1ccc2c(c1)OCO2. The van der Waals surface area contributed by atoms with Crippen LogP contribution in [0.15, 0.2) is 48.7 Å². The number of hydrogen-bond acceptors (Lipinski definition) is 4. The molecular formula is C16H11F2NO3. The van der Waals surface area contributed by atoms with Crippen molar-refractivity contribution in [3.8, 4) is 11.5 Å². The predicted octanol–water partition coefficient (Wildman–Crippen LogP) is 3.50. The molecule has 0 aromatic heterocycles. The number of nitrogens with one attached hydrogen (secondary N) is 1. The van der Waals surface area contributed by atoms with Gasteiger partial charge < -0.3 is 14.8 Å². The van der Waals surface area contributed by atoms with Crippen molar-refractivity contribution < 1.29 is 23.0 Å². The number of benzene rings is 2. The molecule has 0 spiro atoms. The molecule has 1 N–H and O–H groups in total. The summed E-state index contributed by atoms with van der Waals surface area (Å²) in [5, 5.41) is 2.53. The highest BCUT2D eigenvalue weighted by Crippen LogP contribution is 2.32. The third-order valence-electron chi connectivity index (χ3n) is 3.06. The van der Waals surface area contributed by atoms with E-state index in [-0.39, 0.29) is 18.3 Å². The molecule has 0 fully saturated rings. The lowest BCUT2D eigenvalue weighted by molar-refractivity contribution is 0.104. The molecule has 0 bridgehead atoms. The maximum absolute atomic E-state index is 13.4. The van der Waals surface area contributed by atoms with Gasteiger partial charge in [-0.25, -0.2) is 8.78 Å². The average molecular weight is 303 g/mol. The summed E-state index contributed by atoms with van der Waals surface area (Å²) in [5.41, 5.74) is 0.358. The first-order valence-corrected chi connectivity index (χ1v) is 6.45. The second-order valence-electron chi connectivity index (χ2n) is 4.53. The first-order chi connectivity index (χ1) is 10.6. The fraction of sp³-hybridized carbons (Fsp3) is 0.0625. The molecule has 3 rings (SSSR count). The van der Waals surface area contributed by atoms with Crippen LogP contribution in [0.4, 0.5) is 14.5 Å². The zero-order valence-electron chi connectivity index (χ0n) is 11.3. The molecule has 0 atom stereocenters. The Morgan fingerprint density at radius 1 is 1.09 bits per heavy atom. The van der Waals surface area contributed by atoms with Crippen molar-refractivity contribution in [1.82, 2.24) is 0 Å². The molecular weight excluding hydrogens is 292 g/mol. The van der Waals surface area contributed by atoms with Crippen LogP contribution in [0, 0.1) is 11.6 Å². The van der Waals surface area contributed by atoms with E-state index in [1.54, 1.807) is 18.2 Å². The number of ketones is 1. The molecule has 2 aromatic carbocycles. The summed E-state index contributed by atoms with van der Waals surface area (Å²) in [6.07, 6.45) is 2.48. The van der Waals surface area contributed by atoms with Gasteiger partial charge in [-0.05, 0) is 30.3 Å². The Bertz CT molecular complexity index is 759. The van der Waals surface area contributed by atoms with Crippen molar-refractivity contribution in [1.29, 1.82) is 0 Å². The van der Waals surface area contributed by atoms with Gasteiger partial charge in [0.25, 0.3) is 0 Å². The second-order valence-corrected chi connectivity index (χ2v) is 4.53. The molecule has 112 valence electrons. The molecule has 2 aromatic rings. The summed E-state index contributed by atoms with van der Waals surface area (Å²) < 4.78 is 36.7. The van der Waals surface area contributed by atoms with E-state index in [1.165, 1.54) is 12.3 Å². The fourth-order valence-corrected chi connectivity index (χ4v) is 1.96. The maximum atomic E-state index is 13.4. The molecule has 0 saturated carbocycles. The minimum atomic E-state index is -0.610. The van der Waals surface area contributed by atoms with Crippen molar-refractivity contribution in [3.05, 3.63) is 65.9 Å². The fourth-order valence-electron chi connectivity index (χ4n) is 1.96. The number of carbonyl (C=O) groups is 1. The van der Waals surface area contributed by atoms with Gasteiger partial charge in [0.2, 0.25) is 6.79 Å². The van der Waals surface area contributed by atoms with E-state index in [1.807, 2.05) is 0 Å². The van der Waals surface area contributed by atoms with Crippen LogP contribution < -0.4 is 14.8 Å². The Morgan fingerprint density at radius 3 is 2.77 bits per heavy atom. The van der Waals surface area contributed by atoms with Crippen LogP contribution in [-0.4, -0.2) is 12.6 Å². The smallest absolute Gasteiger partial charge is 0.231 e. The van der Waals surface area contributed by atoms with Gasteiger partial charge in [0, 0.05) is 23.9 Å². The molecule has 0 aliphatic carbocycles. The number of ether oxygens (including phenoxy) is 2. The summed E-state index contributed by atoms with van der Waals surface area (Å²) in [6, 6.07) is 7.84. The lowest BCUT2D eigenvalue weighted by Gasteiger charge is -2.02. The number of fused-ring (bicyclic) bond motifs is 1. The minimum absolute atomic E-state index is 0.0465. The van der Waals surface area contributed by atoms with Gasteiger partial charge in [-0.1, -0.05) is 0 Å². The number of hydrogen-bond donors (Lipinski definition) is 1. The number of carbonyl (C=O) groups excluding carboxylic acids is 1. The van der Waals surface area contributed by atoms with E-state index in [0.29, 0.717) is 17.1 Å². The Balaban J connectivity index is 1.70. The average Bonchev–Trinajstić information content (AvgIpc) is 2.98. The predicted molar refractivity (Wildman–Crippen MR) is 76.0 cm³/mol. The summed E-state index contributed by atoms with van der Waals surface area (Å²) in [4.78, 5) is 12.0. The minimum Gasteiger partial charge on any atom is -0.454 e. The molecule has 1 aliphatic heterocycles. The molecule has 0 amide bonds. The number of rotatable bonds is 4. The summed E-state index contributed by atoms with van der Waals surface area (Å²) >= 11 is 0. The van der Waals surface area contributed by atoms with Gasteiger partial charge in [-0.3, -0.25) is 4.79 Å². The van der Waals surface area contributed by atoms with Crippen LogP contribution in [0.5, 0.6) is 11.5 Å². The largest absolute Gasteiger partial charge is 0.454 e. The molecule has 0 saturated heterocycles. The van der Waals surface area contributed by atoms with Gasteiger partial charge >= 0.3 is 0 Å². The summed E-state index contributed by atoms with van der Waals surface area (Å²) in [5.74, 6) is -0.396. The summed E-state index contributed by atoms with van der Waals surface area (Å²) in [6.45, 7) is 0.128. The van der Waals surface area contributed by atoms with E-state index < -0.39 is 11.6 Å². The van der Waals surface area contributed by atoms with Crippen LogP contribution in [-0.2, 0) is 0 Å². The Hall–Kier alpha value is -2.89. The van der Waals surface area contributed by atoms with E-state index in [4.69, 9.17) is 9.47 Å². The van der Waals surface area contributed by atoms with Crippen molar-refractivity contribution in [2.24, 2.45) is 0 Å². The molecule has 1 aliphatic rings. The van der Waals surface area contributed by atoms with Crippen molar-refractivity contribution >= 4 is 11.5 Å². The lowest BCUT2D eigenvalue weighted by Crippen LogP contribution is -1.98. The lowest BCUT2D eigenvalue weighted by atomic mass is 10.1. The highest BCUT2D eigenvalue weighted by Gasteiger charge is 2.15. The van der Waals surface area contributed by atoms with Gasteiger partial charge in [0.15, 0.2) is 17.3 Å². The van der Waals surface area contributed by atoms with Crippen molar-refractivity contribution in [3.63, 3.8) is 0 Å². The van der Waals surface area contributed by atoms with E-state index in [0.717, 1.165) is 18.2 Å². The number of halogens is 2. The van der Waals surface area contributed by atoms with Crippen LogP contribution in [0.2, 0.25) is 0 Å². The summed E-state index contributed by atoms with van der Waals surface area (Å²) in [7, 11) is 0. The van der Waals surface area contributed by atoms with Crippen molar-refractivity contribution in [2.75, 3.05) is 12.1 Å². The van der Waals surface area contributed by atoms with Gasteiger partial charge in [0.05, 0.1) is 5.69 Å². The topological polar surface area (TPSA) is 47.6 Å². The van der Waals surface area contributed by atoms with Crippen LogP contribution in [0.25, 0.3) is 0 Å². The zero-order valence-corrected chi connectivity index (χ0v) is 11.3. The van der Waals surface area contributed by atoms with Crippen molar-refractivity contribution in [2.45, 2.75) is 0 Å². The third-order valence-corrected chi connectivity index (χ3v) is 3.06. The molecule has 0 radical (unpaired) electrons. The highest BCUT2D eigenvalue weighted by atomic mass is 19.1. The van der Waals surface area contributed by atoms with E-state index >= 15 is 0 Å². The van der Waals surface area contributed by atoms with Crippen LogP contribution >= 0.6 is 0 Å². The van der Waals surface area contributed by atoms with Gasteiger partial charge in [-0.15, -0.1) is 0 Å². The molecule has 4 nitrogen and oxygen atoms in total. The number of anilines is 1. The van der Waals surface area contributed by atoms with Gasteiger partial charge in [-0.2, -0.15) is 0 Å². The van der Waals surface area contributed by atoms with Gasteiger partial charge in [0.1, 0.15) is 11.6 Å². The van der Waals surface area contributed by atoms with Crippen LogP contribution in [0.3, 0.4) is 0 Å². The monoisotopic (exact) mass is 303 g/mol. The molecule has 1 heterocycles. The first kappa shape index (κ1) is 14.1. The normalized spacial score (nSPS) is 12.6. The van der Waals surface area contributed by atoms with Crippen LogP contribution in [0.1, 0.15) is 10.4 Å². The number of allylic oxidation sites excluding steroid dienone is 1. The zero-order chi connectivity index (χ0) is 15.5. The quantitative estimate of drug-likeness (QED) is 0.693. The van der Waals surface area contributed by atoms with E-state index in [2.05, 4.69) is 5.32 Å². The maximum Gasteiger partial charge on any atom is 0.231 e. The highest BCUT2D eigenvalue weighted by molar-refractivity contribution is 6.05. The molecule has 0 unspecified atom stereocenters. The Labute approximate surface area is 125 Å². The third kappa shape index (κ3) is 2.90. The standard InChI is InChI=1S/C16H11F2NO3/c17-11-2-3-12(18)13(8-11)19-6-5-14(20)10-1-4-15-16(7-10)22-9-21-15/h1-8,19H,9H2/b6-5+. The Morgan fingerprint density at radius 2 is 1.91 bits per heavy atom. The molecule has 6 heteroatoms. The first-order valence-electron chi connectivity index (χ1n) is 6.45. The molecule has 22 heavy (non-hydrogen) atoms. The Kier molecular flexibility index (Phi) is 3.74. The van der Waals surface area contributed by atoms with E-state index in [9.17, 15) is 13.6 Å². The second kappa shape index (κ2) is 5.85.